The number of ether oxygens (including phenoxy) is 2. The van der Waals surface area contributed by atoms with Gasteiger partial charge >= 0.3 is 6.09 Å². The first-order valence-corrected chi connectivity index (χ1v) is 12.7. The summed E-state index contributed by atoms with van der Waals surface area (Å²) in [5.74, 6) is 0.651. The second kappa shape index (κ2) is 11.5. The predicted molar refractivity (Wildman–Crippen MR) is 154 cm³/mol. The Hall–Kier alpha value is -4.47. The first kappa shape index (κ1) is 27.6. The Balaban J connectivity index is 1.62. The molecule has 6 bridgehead atoms. The van der Waals surface area contributed by atoms with E-state index < -0.39 is 23.7 Å². The molecule has 4 rings (SSSR count). The van der Waals surface area contributed by atoms with Gasteiger partial charge in [0.15, 0.2) is 12.0 Å². The monoisotopic (exact) mass is 534 g/mol. The Labute approximate surface area is 228 Å². The maximum Gasteiger partial charge on any atom is 0.407 e. The second-order valence-electron chi connectivity index (χ2n) is 10.2. The van der Waals surface area contributed by atoms with Crippen LogP contribution < -0.4 is 25.6 Å². The quantitative estimate of drug-likeness (QED) is 0.292. The molecule has 0 saturated heterocycles. The molecule has 0 fully saturated rings. The van der Waals surface area contributed by atoms with Crippen LogP contribution >= 0.6 is 0 Å². The van der Waals surface area contributed by atoms with Gasteiger partial charge in [0, 0.05) is 48.5 Å². The van der Waals surface area contributed by atoms with Crippen LogP contribution in [0.5, 0.6) is 5.75 Å². The summed E-state index contributed by atoms with van der Waals surface area (Å²) in [6.07, 6.45) is 2.25. The van der Waals surface area contributed by atoms with Crippen molar-refractivity contribution < 1.29 is 18.7 Å². The van der Waals surface area contributed by atoms with Crippen LogP contribution in [0.4, 0.5) is 31.9 Å². The molecule has 2 aromatic rings. The molecule has 1 atom stereocenters. The molecule has 1 unspecified atom stereocenters. The van der Waals surface area contributed by atoms with Crippen LogP contribution in [0.15, 0.2) is 84.4 Å². The summed E-state index contributed by atoms with van der Waals surface area (Å²) in [5, 5.41) is 9.27. The van der Waals surface area contributed by atoms with Crippen molar-refractivity contribution in [3.8, 4) is 5.75 Å². The fourth-order valence-electron chi connectivity index (χ4n) is 4.11. The summed E-state index contributed by atoms with van der Waals surface area (Å²) in [4.78, 5) is 19.8. The Kier molecular flexibility index (Phi) is 8.13. The van der Waals surface area contributed by atoms with Gasteiger partial charge in [0.2, 0.25) is 5.96 Å². The molecule has 0 spiro atoms. The predicted octanol–water partition coefficient (Wildman–Crippen LogP) is 6.09. The molecule has 9 nitrogen and oxygen atoms in total. The number of hydrogen-bond acceptors (Lipinski definition) is 8. The second-order valence-corrected chi connectivity index (χ2v) is 10.2. The minimum atomic E-state index is -0.743. The molecule has 0 saturated carbocycles. The molecule has 1 amide bonds. The number of anilines is 4. The van der Waals surface area contributed by atoms with Gasteiger partial charge in [-0.1, -0.05) is 19.2 Å². The number of carbonyl (C=O) groups excluding carboxylic acids is 1. The van der Waals surface area contributed by atoms with E-state index in [-0.39, 0.29) is 0 Å². The lowest BCUT2D eigenvalue weighted by Gasteiger charge is -2.35. The van der Waals surface area contributed by atoms with E-state index in [0.717, 1.165) is 17.1 Å². The highest BCUT2D eigenvalue weighted by Gasteiger charge is 2.27. The number of carbonyl (C=O) groups is 1. The van der Waals surface area contributed by atoms with Crippen molar-refractivity contribution in [3.63, 3.8) is 0 Å². The van der Waals surface area contributed by atoms with E-state index in [1.165, 1.54) is 6.20 Å². The van der Waals surface area contributed by atoms with Crippen molar-refractivity contribution in [1.82, 2.24) is 10.2 Å². The summed E-state index contributed by atoms with van der Waals surface area (Å²) in [6.45, 7) is 14.3. The highest BCUT2D eigenvalue weighted by atomic mass is 19.1. The summed E-state index contributed by atoms with van der Waals surface area (Å²) in [6, 6.07) is 13.3. The highest BCUT2D eigenvalue weighted by molar-refractivity contribution is 5.96. The summed E-state index contributed by atoms with van der Waals surface area (Å²) in [5.41, 5.74) is 3.10. The fourth-order valence-corrected chi connectivity index (χ4v) is 4.11. The molecule has 3 N–H and O–H groups in total. The third-order valence-corrected chi connectivity index (χ3v) is 5.89. The van der Waals surface area contributed by atoms with Crippen LogP contribution in [0.25, 0.3) is 0 Å². The van der Waals surface area contributed by atoms with Crippen LogP contribution in [0.2, 0.25) is 0 Å². The molecular formula is C29H35FN6O3. The van der Waals surface area contributed by atoms with Gasteiger partial charge in [0.25, 0.3) is 0 Å². The van der Waals surface area contributed by atoms with Crippen molar-refractivity contribution in [2.45, 2.75) is 39.0 Å². The number of halogens is 1. The van der Waals surface area contributed by atoms with Gasteiger partial charge in [-0.05, 0) is 57.5 Å². The van der Waals surface area contributed by atoms with Gasteiger partial charge in [0.05, 0.1) is 18.5 Å². The van der Waals surface area contributed by atoms with Crippen molar-refractivity contribution in [1.29, 1.82) is 0 Å². The zero-order valence-electron chi connectivity index (χ0n) is 22.8. The molecule has 2 aromatic carbocycles. The number of guanidine groups is 1. The lowest BCUT2D eigenvalue weighted by molar-refractivity contribution is 0.0525. The Morgan fingerprint density at radius 1 is 1.21 bits per heavy atom. The number of aliphatic imine (C=N–C) groups is 1. The SMILES string of the molecule is C=CC(=C)N1c2cccc(c2)NC2C(F)=CN=C(Nc3cc(OCCCNC(=O)OC(C)(C)C)cc1c3)N2C. The lowest BCUT2D eigenvalue weighted by atomic mass is 10.1. The van der Waals surface area contributed by atoms with E-state index in [9.17, 15) is 9.18 Å². The minimum absolute atomic E-state index is 0.359. The van der Waals surface area contributed by atoms with E-state index in [2.05, 4.69) is 34.1 Å². The minimum Gasteiger partial charge on any atom is -0.493 e. The van der Waals surface area contributed by atoms with Gasteiger partial charge in [-0.15, -0.1) is 0 Å². The van der Waals surface area contributed by atoms with Gasteiger partial charge < -0.3 is 35.2 Å². The van der Waals surface area contributed by atoms with Crippen LogP contribution in [0.1, 0.15) is 27.2 Å². The Morgan fingerprint density at radius 3 is 2.72 bits per heavy atom. The topological polar surface area (TPSA) is 90.5 Å². The van der Waals surface area contributed by atoms with Gasteiger partial charge in [-0.3, -0.25) is 0 Å². The molecule has 0 aromatic heterocycles. The number of nitrogens with zero attached hydrogens (tertiary/aromatic N) is 3. The van der Waals surface area contributed by atoms with Crippen molar-refractivity contribution in [2.24, 2.45) is 4.99 Å². The smallest absolute Gasteiger partial charge is 0.407 e. The molecular weight excluding hydrogens is 499 g/mol. The summed E-state index contributed by atoms with van der Waals surface area (Å²) < 4.78 is 26.1. The zero-order valence-corrected chi connectivity index (χ0v) is 22.8. The number of alkyl carbamates (subject to hydrolysis) is 1. The standard InChI is InChI=1S/C29H35FN6O3/c1-7-19(2)36-22-11-8-10-20(14-22)33-26-25(30)18-32-27(35(26)6)34-21-15-23(36)17-24(16-21)38-13-9-12-31-28(37)39-29(3,4)5/h7-8,10-11,14-18,26,33H,1-2,9,12-13H2,3-6H3,(H,31,37)(H,32,34). The normalized spacial score (nSPS) is 16.3. The molecule has 39 heavy (non-hydrogen) atoms. The first-order chi connectivity index (χ1) is 18.5. The van der Waals surface area contributed by atoms with Crippen molar-refractivity contribution in [2.75, 3.05) is 35.7 Å². The maximum absolute atomic E-state index is 14.8. The van der Waals surface area contributed by atoms with Gasteiger partial charge in [-0.2, -0.15) is 0 Å². The van der Waals surface area contributed by atoms with Crippen molar-refractivity contribution in [3.05, 3.63) is 79.4 Å². The number of rotatable bonds is 7. The first-order valence-electron chi connectivity index (χ1n) is 12.7. The van der Waals surface area contributed by atoms with Gasteiger partial charge in [0.1, 0.15) is 11.4 Å². The average molecular weight is 535 g/mol. The number of fused-ring (bicyclic) bond motifs is 6. The van der Waals surface area contributed by atoms with E-state index in [0.29, 0.717) is 42.7 Å². The molecule has 10 heteroatoms. The number of likely N-dealkylation sites (N-methyl/N-ethyl adjacent to an activating group) is 1. The number of allylic oxidation sites excluding steroid dienone is 1. The van der Waals surface area contributed by atoms with Crippen molar-refractivity contribution >= 4 is 34.8 Å². The summed E-state index contributed by atoms with van der Waals surface area (Å²) >= 11 is 0. The zero-order chi connectivity index (χ0) is 28.2. The van der Waals surface area contributed by atoms with E-state index >= 15 is 0 Å². The molecule has 0 radical (unpaired) electrons. The molecule has 2 heterocycles. The van der Waals surface area contributed by atoms with Gasteiger partial charge in [-0.25, -0.2) is 14.2 Å². The van der Waals surface area contributed by atoms with E-state index in [4.69, 9.17) is 9.47 Å². The summed E-state index contributed by atoms with van der Waals surface area (Å²) in [7, 11) is 1.76. The molecule has 2 aliphatic heterocycles. The average Bonchev–Trinajstić information content (AvgIpc) is 2.87. The van der Waals surface area contributed by atoms with E-state index in [1.807, 2.05) is 68.1 Å². The fraction of sp³-hybridized carbons (Fsp3) is 0.310. The van der Waals surface area contributed by atoms with Crippen LogP contribution in [0, 0.1) is 0 Å². The van der Waals surface area contributed by atoms with Crippen LogP contribution in [0.3, 0.4) is 0 Å². The molecule has 0 aliphatic carbocycles. The number of nitrogens with one attached hydrogen (secondary N) is 3. The van der Waals surface area contributed by atoms with Crippen LogP contribution in [-0.2, 0) is 4.74 Å². The Bertz CT molecular complexity index is 1320. The van der Waals surface area contributed by atoms with E-state index in [1.54, 1.807) is 18.0 Å². The maximum atomic E-state index is 14.8. The number of amides is 1. The lowest BCUT2D eigenvalue weighted by Crippen LogP contribution is -2.47. The van der Waals surface area contributed by atoms with Crippen LogP contribution in [-0.4, -0.2) is 48.9 Å². The third-order valence-electron chi connectivity index (χ3n) is 5.89. The number of benzene rings is 2. The Morgan fingerprint density at radius 2 is 1.97 bits per heavy atom. The largest absolute Gasteiger partial charge is 0.493 e. The molecule has 206 valence electrons. The molecule has 2 aliphatic rings. The highest BCUT2D eigenvalue weighted by Crippen LogP contribution is 2.37. The third kappa shape index (κ3) is 6.90. The number of hydrogen-bond donors (Lipinski definition) is 3.